The zero-order valence-electron chi connectivity index (χ0n) is 46.2. The number of hydrogen-bond acceptors (Lipinski definition) is 1. The number of para-hydroxylation sites is 1. The Morgan fingerprint density at radius 2 is 0.667 bits per heavy atom. The van der Waals surface area contributed by atoms with Gasteiger partial charge in [-0.1, -0.05) is 261 Å². The molecule has 0 aliphatic rings. The third-order valence-electron chi connectivity index (χ3n) is 11.6. The Bertz CT molecular complexity index is 2810. The standard InChI is InChI=1S/2C25H22P2.C9H9N.C7H10O.3ClH.F6P.2Re/c2*1-5-13-22(14-6-1)26(23-15-7-2-8-16-23)21-27(24-17-9-3-10-18-24)25-19-11-4-12-20-25;1-7-5-4-6-8(2)9(7)10-3;1-4-5-6-7(2)8-3;;;;1-7(2,3,4,5)6;;/h2*1-20H,21H2;4-6H,1-2H3;2H,4-6H2,1H3;3*1H;;;/q;;;-2;;;;-1;+1;+2/p-3. The second kappa shape index (κ2) is 38.2. The fourth-order valence-corrected chi connectivity index (χ4v) is 21.5. The number of ether oxygens (including phenoxy) is 1. The van der Waals surface area contributed by atoms with Crippen molar-refractivity contribution in [1.29, 1.82) is 0 Å². The van der Waals surface area contributed by atoms with Crippen molar-refractivity contribution in [3.8, 4) is 0 Å². The monoisotopic (exact) mass is 1630 g/mol. The van der Waals surface area contributed by atoms with Crippen molar-refractivity contribution >= 4 is 121 Å². The van der Waals surface area contributed by atoms with Gasteiger partial charge >= 0.3 is 142 Å². The molecule has 2 nitrogen and oxygen atoms in total. The zero-order chi connectivity index (χ0) is 61.1. The number of benzene rings is 9. The predicted molar refractivity (Wildman–Crippen MR) is 353 cm³/mol. The molecular weight excluding hydrogens is 1570 g/mol. The molecule has 443 valence electrons. The minimum atomic E-state index is -10.7. The van der Waals surface area contributed by atoms with E-state index in [0.717, 1.165) is 36.1 Å². The van der Waals surface area contributed by atoms with Gasteiger partial charge in [-0.2, -0.15) is 0 Å². The van der Waals surface area contributed by atoms with Gasteiger partial charge in [0.2, 0.25) is 0 Å². The Hall–Kier alpha value is -4.20. The summed E-state index contributed by atoms with van der Waals surface area (Å²) in [5.74, 6) is 2.89. The Kier molecular flexibility index (Phi) is 32.8. The number of allylic oxidation sites excluding steroid dienone is 1. The number of rotatable bonds is 17. The van der Waals surface area contributed by atoms with Crippen molar-refractivity contribution in [3.63, 3.8) is 0 Å². The van der Waals surface area contributed by atoms with Crippen LogP contribution in [0.15, 0.2) is 267 Å². The van der Waals surface area contributed by atoms with Crippen molar-refractivity contribution in [2.45, 2.75) is 40.0 Å². The maximum absolute atomic E-state index is 10.7. The first kappa shape index (κ1) is 72.3. The van der Waals surface area contributed by atoms with E-state index in [1.54, 1.807) is 0 Å². The fourth-order valence-electron chi connectivity index (χ4n) is 7.84. The van der Waals surface area contributed by atoms with Gasteiger partial charge in [0.1, 0.15) is 0 Å². The van der Waals surface area contributed by atoms with Crippen LogP contribution in [0.2, 0.25) is 0 Å². The van der Waals surface area contributed by atoms with Gasteiger partial charge in [0.25, 0.3) is 0 Å². The third kappa shape index (κ3) is 29.9. The van der Waals surface area contributed by atoms with E-state index < -0.39 is 71.9 Å². The first-order valence-electron chi connectivity index (χ1n) is 25.9. The maximum Gasteiger partial charge on any atom is 0.00405 e. The Balaban J connectivity index is 0.000000246. The van der Waals surface area contributed by atoms with E-state index in [1.165, 1.54) is 54.2 Å². The van der Waals surface area contributed by atoms with Gasteiger partial charge < -0.3 is 0 Å². The topological polar surface area (TPSA) is 13.6 Å². The summed E-state index contributed by atoms with van der Waals surface area (Å²) in [5, 5.41) is 11.7. The van der Waals surface area contributed by atoms with Crippen molar-refractivity contribution in [2.24, 2.45) is 0 Å². The molecule has 18 heteroatoms. The summed E-state index contributed by atoms with van der Waals surface area (Å²) in [5.41, 5.74) is 2.92. The number of hydrogen-bond donors (Lipinski definition) is 0. The molecule has 9 rings (SSSR count). The molecule has 0 atom stereocenters. The first-order valence-corrected chi connectivity index (χ1v) is 45.5. The van der Waals surface area contributed by atoms with Crippen LogP contribution in [0.3, 0.4) is 0 Å². The van der Waals surface area contributed by atoms with Crippen LogP contribution in [0.5, 0.6) is 0 Å². The second-order valence-electron chi connectivity index (χ2n) is 17.9. The van der Waals surface area contributed by atoms with Gasteiger partial charge in [-0.15, -0.1) is 0 Å². The van der Waals surface area contributed by atoms with Gasteiger partial charge in [-0.25, -0.2) is 4.85 Å². The van der Waals surface area contributed by atoms with E-state index >= 15 is 0 Å². The average molecular weight is 1630 g/mol. The number of halogens is 9. The smallest absolute Gasteiger partial charge is 0.00405 e. The summed E-state index contributed by atoms with van der Waals surface area (Å²) in [6, 6.07) is 94.2. The summed E-state index contributed by atoms with van der Waals surface area (Å²) < 4.78 is 66.7. The molecule has 0 spiro atoms. The Labute approximate surface area is 526 Å². The quantitative estimate of drug-likeness (QED) is 0.0383. The van der Waals surface area contributed by atoms with Crippen molar-refractivity contribution in [3.05, 3.63) is 296 Å². The molecule has 0 aromatic heterocycles. The number of aryl methyl sites for hydroxylation is 2. The molecule has 0 saturated carbocycles. The van der Waals surface area contributed by atoms with Gasteiger partial charge in [-0.05, 0) is 99.1 Å². The molecule has 0 unspecified atom stereocenters. The Morgan fingerprint density at radius 3 is 0.833 bits per heavy atom. The number of nitrogens with zero attached hydrogens (tertiary/aromatic N) is 1. The van der Waals surface area contributed by atoms with E-state index in [9.17, 15) is 25.2 Å². The summed E-state index contributed by atoms with van der Waals surface area (Å²) in [4.78, 5) is 3.42. The van der Waals surface area contributed by atoms with Crippen LogP contribution < -0.4 is 42.4 Å². The molecule has 0 heterocycles. The minimum Gasteiger partial charge on any atom is -0.0622 e. The zero-order valence-corrected chi connectivity index (χ0v) is 58.4. The van der Waals surface area contributed by atoms with Gasteiger partial charge in [0, 0.05) is 11.8 Å². The van der Waals surface area contributed by atoms with E-state index in [2.05, 4.69) is 259 Å². The summed E-state index contributed by atoms with van der Waals surface area (Å²) in [6.45, 7) is 18.3. The molecule has 0 aliphatic carbocycles. The average Bonchev–Trinajstić information content (AvgIpc) is 3.62. The third-order valence-corrected chi connectivity index (χ3v) is 24.5. The predicted octanol–water partition coefficient (Wildman–Crippen LogP) is 20.4. The molecule has 0 radical (unpaired) electrons. The van der Waals surface area contributed by atoms with Gasteiger partial charge in [-0.3, -0.25) is 0 Å². The van der Waals surface area contributed by atoms with Gasteiger partial charge in [0.15, 0.2) is 5.69 Å². The first-order chi connectivity index (χ1) is 40.3. The van der Waals surface area contributed by atoms with Crippen molar-refractivity contribution < 1.29 is 62.4 Å². The molecule has 0 bridgehead atoms. The van der Waals surface area contributed by atoms with Crippen LogP contribution in [-0.4, -0.2) is 16.5 Å². The second-order valence-corrected chi connectivity index (χ2v) is 35.8. The molecule has 9 aromatic carbocycles. The summed E-state index contributed by atoms with van der Waals surface area (Å²) in [7, 11) is 2.97. The van der Waals surface area contributed by atoms with E-state index in [-0.39, 0.29) is 0 Å². The Morgan fingerprint density at radius 1 is 0.452 bits per heavy atom. The van der Waals surface area contributed by atoms with Crippen LogP contribution in [0.4, 0.5) is 30.9 Å². The molecule has 0 N–H and O–H groups in total. The molecule has 0 amide bonds. The van der Waals surface area contributed by atoms with Crippen molar-refractivity contribution in [2.75, 3.05) is 11.8 Å². The SMILES string of the molecule is F[P-](F)(F)(F)(F)F.[C-]#[N+]c1c(C)cccc1C.[CH-]=C(CCCC)O[C-]=[Re][Cl].[Cl][Re][Cl].c1ccc(P(CP(c2ccccc2)c2ccccc2)c2ccccc2)cc1.c1ccc(P(CP(c2ccccc2)c2ccccc2)c2ccccc2)cc1. The maximum atomic E-state index is 9.87. The fraction of sp³-hybridized carbons (Fsp3) is 0.121. The minimum absolute atomic E-state index is 0.409. The van der Waals surface area contributed by atoms with E-state index in [0.29, 0.717) is 5.76 Å². The van der Waals surface area contributed by atoms with Crippen LogP contribution in [0, 0.1) is 27.0 Å². The largest absolute Gasteiger partial charge is 0.0622 e. The normalized spacial score (nSPS) is 11.6. The molecule has 0 saturated heterocycles. The summed E-state index contributed by atoms with van der Waals surface area (Å²) >= 11 is -1.58. The van der Waals surface area contributed by atoms with E-state index in [4.69, 9.17) is 46.5 Å². The van der Waals surface area contributed by atoms with Crippen LogP contribution in [0.25, 0.3) is 4.85 Å². The molecule has 0 aliphatic heterocycles. The van der Waals surface area contributed by atoms with E-state index in [1.807, 2.05) is 32.0 Å². The van der Waals surface area contributed by atoms with Crippen molar-refractivity contribution in [1.82, 2.24) is 0 Å². The molecule has 0 fully saturated rings. The molecule has 84 heavy (non-hydrogen) atoms. The van der Waals surface area contributed by atoms with Crippen LogP contribution in [-0.2, 0) is 37.2 Å². The van der Waals surface area contributed by atoms with Crippen LogP contribution in [0.1, 0.15) is 37.3 Å². The van der Waals surface area contributed by atoms with Gasteiger partial charge in [0.05, 0.1) is 6.57 Å². The number of unbranched alkanes of at least 4 members (excludes halogenated alkanes) is 1. The molecular formula is C66H63Cl3F6NOP5Re2-3. The van der Waals surface area contributed by atoms with Crippen LogP contribution >= 0.6 is 68.1 Å². The molecule has 9 aromatic rings. The summed E-state index contributed by atoms with van der Waals surface area (Å²) in [6.07, 6.45) is 3.01.